The van der Waals surface area contributed by atoms with Crippen molar-refractivity contribution in [2.75, 3.05) is 18.1 Å². The summed E-state index contributed by atoms with van der Waals surface area (Å²) in [6, 6.07) is 4.32. The van der Waals surface area contributed by atoms with Crippen LogP contribution in [-0.4, -0.2) is 69.1 Å². The number of carbonyl (C=O) groups excluding carboxylic acids is 1. The van der Waals surface area contributed by atoms with Crippen LogP contribution in [0.3, 0.4) is 0 Å². The fourth-order valence-corrected chi connectivity index (χ4v) is 10.4. The number of carbonyl (C=O) groups is 1. The number of hydrogen-bond donors (Lipinski definition) is 0. The van der Waals surface area contributed by atoms with Crippen LogP contribution in [0.1, 0.15) is 36.0 Å². The normalized spacial score (nSPS) is 26.5. The van der Waals surface area contributed by atoms with Gasteiger partial charge in [-0.15, -0.1) is 0 Å². The summed E-state index contributed by atoms with van der Waals surface area (Å²) in [5.74, 6) is -2.13. The number of aromatic nitrogens is 1. The molecule has 3 atom stereocenters. The Morgan fingerprint density at radius 1 is 1.00 bits per heavy atom. The zero-order valence-electron chi connectivity index (χ0n) is 21.0. The molecule has 0 N–H and O–H groups in total. The summed E-state index contributed by atoms with van der Waals surface area (Å²) >= 11 is 0. The van der Waals surface area contributed by atoms with Gasteiger partial charge in [-0.1, -0.05) is 24.3 Å². The molecule has 224 valence electrons. The second-order valence-corrected chi connectivity index (χ2v) is 14.9. The summed E-state index contributed by atoms with van der Waals surface area (Å²) < 4.78 is 146. The van der Waals surface area contributed by atoms with Gasteiger partial charge < -0.3 is 4.90 Å². The lowest BCUT2D eigenvalue weighted by Gasteiger charge is -2.43. The van der Waals surface area contributed by atoms with E-state index in [4.69, 9.17) is 0 Å². The predicted molar refractivity (Wildman–Crippen MR) is 130 cm³/mol. The highest BCUT2D eigenvalue weighted by Gasteiger charge is 2.74. The number of hydrogen-bond acceptors (Lipinski definition) is 6. The average Bonchev–Trinajstić information content (AvgIpc) is 3.47. The number of halogens is 7. The van der Waals surface area contributed by atoms with Gasteiger partial charge in [-0.2, -0.15) is 26.3 Å². The molecule has 0 saturated carbocycles. The fraction of sp³-hybridized carbons (Fsp3) is 0.520. The number of amides is 1. The van der Waals surface area contributed by atoms with Crippen molar-refractivity contribution in [2.24, 2.45) is 5.92 Å². The minimum Gasteiger partial charge on any atom is -0.337 e. The van der Waals surface area contributed by atoms with Gasteiger partial charge in [-0.25, -0.2) is 26.2 Å². The zero-order valence-corrected chi connectivity index (χ0v) is 22.7. The van der Waals surface area contributed by atoms with Gasteiger partial charge in [-0.05, 0) is 48.9 Å². The van der Waals surface area contributed by atoms with Crippen LogP contribution in [0.2, 0.25) is 0 Å². The molecule has 2 aromatic rings. The molecular weight excluding hydrogens is 605 g/mol. The Kier molecular flexibility index (Phi) is 6.80. The number of likely N-dealkylation sites (tertiary alicyclic amines) is 1. The molecule has 2 aliphatic heterocycles. The number of alkyl halides is 7. The number of aryl methyl sites for hydroxylation is 1. The minimum atomic E-state index is -6.35. The third-order valence-electron chi connectivity index (χ3n) is 8.32. The quantitative estimate of drug-likeness (QED) is 0.475. The zero-order chi connectivity index (χ0) is 30.2. The summed E-state index contributed by atoms with van der Waals surface area (Å²) in [7, 11) is -8.03. The van der Waals surface area contributed by atoms with E-state index in [1.165, 1.54) is 29.3 Å². The van der Waals surface area contributed by atoms with Gasteiger partial charge >= 0.3 is 18.0 Å². The van der Waals surface area contributed by atoms with Crippen molar-refractivity contribution in [3.8, 4) is 0 Å². The Morgan fingerprint density at radius 3 is 2.24 bits per heavy atom. The van der Waals surface area contributed by atoms with Crippen LogP contribution in [0.5, 0.6) is 0 Å². The smallest absolute Gasteiger partial charge is 0.337 e. The first-order valence-corrected chi connectivity index (χ1v) is 15.8. The van der Waals surface area contributed by atoms with E-state index in [0.29, 0.717) is 6.07 Å². The first kappa shape index (κ1) is 29.7. The monoisotopic (exact) mass is 628 g/mol. The van der Waals surface area contributed by atoms with Crippen molar-refractivity contribution in [2.45, 2.75) is 59.5 Å². The van der Waals surface area contributed by atoms with Crippen LogP contribution in [0, 0.1) is 5.92 Å². The van der Waals surface area contributed by atoms with Crippen LogP contribution in [0.25, 0.3) is 0 Å². The predicted octanol–water partition coefficient (Wildman–Crippen LogP) is 4.02. The largest absolute Gasteiger partial charge is 0.435 e. The first-order valence-electron chi connectivity index (χ1n) is 12.5. The number of benzene rings is 1. The maximum absolute atomic E-state index is 14.9. The van der Waals surface area contributed by atoms with Crippen LogP contribution in [0.4, 0.5) is 30.7 Å². The maximum atomic E-state index is 14.9. The van der Waals surface area contributed by atoms with E-state index in [-0.39, 0.29) is 55.2 Å². The molecule has 7 nitrogen and oxygen atoms in total. The first-order chi connectivity index (χ1) is 18.9. The molecule has 0 spiro atoms. The van der Waals surface area contributed by atoms with Crippen LogP contribution in [0.15, 0.2) is 47.6 Å². The molecule has 2 unspecified atom stereocenters. The lowest BCUT2D eigenvalue weighted by atomic mass is 9.76. The van der Waals surface area contributed by atoms with Gasteiger partial charge in [0.2, 0.25) is 15.7 Å². The summed E-state index contributed by atoms with van der Waals surface area (Å²) in [5.41, 5.74) is -7.82. The summed E-state index contributed by atoms with van der Waals surface area (Å²) in [6.45, 7) is -0.161. The Balaban J connectivity index is 1.67. The molecule has 1 aromatic heterocycles. The van der Waals surface area contributed by atoms with Crippen molar-refractivity contribution < 1.29 is 52.4 Å². The van der Waals surface area contributed by atoms with Crippen molar-refractivity contribution in [1.82, 2.24) is 9.88 Å². The molecule has 1 amide bonds. The van der Waals surface area contributed by atoms with E-state index in [1.54, 1.807) is 0 Å². The highest BCUT2D eigenvalue weighted by atomic mass is 32.2. The molecule has 5 rings (SSSR count). The molecule has 41 heavy (non-hydrogen) atoms. The second-order valence-electron chi connectivity index (χ2n) is 10.5. The van der Waals surface area contributed by atoms with Crippen LogP contribution < -0.4 is 0 Å². The molecule has 1 aromatic carbocycles. The van der Waals surface area contributed by atoms with Gasteiger partial charge in [0.1, 0.15) is 4.75 Å². The van der Waals surface area contributed by atoms with Crippen molar-refractivity contribution in [3.05, 3.63) is 59.3 Å². The van der Waals surface area contributed by atoms with Crippen LogP contribution in [-0.2, 0) is 41.3 Å². The van der Waals surface area contributed by atoms with Gasteiger partial charge in [0.05, 0.1) is 23.5 Å². The lowest BCUT2D eigenvalue weighted by Crippen LogP contribution is -2.53. The molecule has 3 aliphatic rings. The molecule has 3 heterocycles. The summed E-state index contributed by atoms with van der Waals surface area (Å²) in [4.78, 5) is 18.6. The van der Waals surface area contributed by atoms with Crippen molar-refractivity contribution in [1.29, 1.82) is 0 Å². The second kappa shape index (κ2) is 9.38. The third kappa shape index (κ3) is 4.34. The summed E-state index contributed by atoms with van der Waals surface area (Å²) in [5, 5.41) is -0.426. The Hall–Kier alpha value is -2.75. The van der Waals surface area contributed by atoms with E-state index in [2.05, 4.69) is 4.98 Å². The molecule has 2 fully saturated rings. The van der Waals surface area contributed by atoms with Crippen molar-refractivity contribution >= 4 is 25.6 Å². The molecular formula is C25H23F7N2O5S2. The van der Waals surface area contributed by atoms with E-state index in [9.17, 15) is 52.4 Å². The van der Waals surface area contributed by atoms with E-state index in [0.717, 1.165) is 6.07 Å². The van der Waals surface area contributed by atoms with E-state index >= 15 is 0 Å². The van der Waals surface area contributed by atoms with Gasteiger partial charge in [0.15, 0.2) is 14.9 Å². The molecule has 16 heteroatoms. The van der Waals surface area contributed by atoms with Crippen LogP contribution >= 0.6 is 0 Å². The highest BCUT2D eigenvalue weighted by Crippen LogP contribution is 2.56. The van der Waals surface area contributed by atoms with Gasteiger partial charge in [-0.3, -0.25) is 4.79 Å². The number of nitrogens with zero attached hydrogens (tertiary/aromatic N) is 2. The average molecular weight is 629 g/mol. The molecule has 0 radical (unpaired) electrons. The van der Waals surface area contributed by atoms with Crippen molar-refractivity contribution in [3.63, 3.8) is 0 Å². The highest BCUT2D eigenvalue weighted by molar-refractivity contribution is 7.92. The Bertz CT molecular complexity index is 1580. The SMILES string of the molecule is O=C([C@H]1CCS(=O)(=O)C1)N1CCC2(S(=O)(=O)c3ccccn3)c3ccc(C(F)(C(F)(F)F)C(F)(F)F)cc3CCC12. The maximum Gasteiger partial charge on any atom is 0.435 e. The molecule has 0 bridgehead atoms. The summed E-state index contributed by atoms with van der Waals surface area (Å²) in [6.07, 6.45) is -12.2. The lowest BCUT2D eigenvalue weighted by molar-refractivity contribution is -0.348. The number of rotatable bonds is 4. The number of sulfone groups is 2. The Morgan fingerprint density at radius 2 is 1.68 bits per heavy atom. The van der Waals surface area contributed by atoms with Gasteiger partial charge in [0, 0.05) is 18.3 Å². The van der Waals surface area contributed by atoms with Gasteiger partial charge in [0.25, 0.3) is 0 Å². The number of pyridine rings is 1. The molecule has 2 saturated heterocycles. The van der Waals surface area contributed by atoms with E-state index in [1.807, 2.05) is 0 Å². The molecule has 1 aliphatic carbocycles. The van der Waals surface area contributed by atoms with E-state index < -0.39 is 76.7 Å². The standard InChI is InChI=1S/C25H23F7N2O5S2/c26-23(24(27,28)29,25(30,31)32)17-5-6-18-15(13-17)4-7-19-22(18,41(38,39)20-3-1-2-10-33-20)9-11-34(19)21(35)16-8-12-40(36,37)14-16/h1-3,5-6,10,13,16,19H,4,7-9,11-12,14H2/t16-,19?,22?/m0/s1. The third-order valence-corrected chi connectivity index (χ3v) is 12.5. The topological polar surface area (TPSA) is 101 Å². The fourth-order valence-electron chi connectivity index (χ4n) is 6.41. The minimum absolute atomic E-state index is 0.0395. The Labute approximate surface area is 230 Å². The number of fused-ring (bicyclic) bond motifs is 3.